The molecule has 5 heteroatoms. The van der Waals surface area contributed by atoms with E-state index < -0.39 is 0 Å². The zero-order chi connectivity index (χ0) is 19.2. The van der Waals surface area contributed by atoms with Crippen molar-refractivity contribution in [2.45, 2.75) is 32.1 Å². The lowest BCUT2D eigenvalue weighted by molar-refractivity contribution is 0.208. The van der Waals surface area contributed by atoms with Crippen LogP contribution in [0.4, 0.5) is 4.79 Å². The van der Waals surface area contributed by atoms with Crippen molar-refractivity contribution in [3.63, 3.8) is 0 Å². The fourth-order valence-corrected chi connectivity index (χ4v) is 3.28. The average molecular weight is 382 g/mol. The molecular weight excluding hydrogens is 358 g/mol. The highest BCUT2D eigenvalue weighted by molar-refractivity contribution is 6.30. The molecule has 4 nitrogen and oxygen atoms in total. The van der Waals surface area contributed by atoms with Gasteiger partial charge in [0.25, 0.3) is 0 Å². The smallest absolute Gasteiger partial charge is 0.306 e. The summed E-state index contributed by atoms with van der Waals surface area (Å²) in [5, 5.41) is 9.69. The zero-order valence-corrected chi connectivity index (χ0v) is 16.2. The van der Waals surface area contributed by atoms with Crippen molar-refractivity contribution in [2.24, 2.45) is 5.10 Å². The number of nitrogens with zero attached hydrogens (tertiary/aromatic N) is 2. The maximum atomic E-state index is 12.7. The van der Waals surface area contributed by atoms with Crippen LogP contribution >= 0.6 is 11.6 Å². The molecule has 0 spiro atoms. The van der Waals surface area contributed by atoms with Gasteiger partial charge < -0.3 is 5.32 Å². The first kappa shape index (κ1) is 19.2. The van der Waals surface area contributed by atoms with Crippen molar-refractivity contribution in [1.82, 2.24) is 10.3 Å². The van der Waals surface area contributed by atoms with Gasteiger partial charge >= 0.3 is 6.03 Å². The van der Waals surface area contributed by atoms with Crippen molar-refractivity contribution in [1.29, 1.82) is 0 Å². The van der Waals surface area contributed by atoms with Crippen LogP contribution in [0.5, 0.6) is 0 Å². The molecule has 140 valence electrons. The first-order valence-corrected chi connectivity index (χ1v) is 9.62. The standard InChI is InChI=1S/C22H24ClN3O/c1-3-4-10-21-20(18-11-13-19(23)14-12-18)15-26(25-21)22(27)24-16(2)17-8-6-5-7-9-17/h5-9,11-14,20H,2-4,10,15H2,1H3,(H,24,27). The number of carbonyl (C=O) groups is 1. The SMILES string of the molecule is C=C(NC(=O)N1CC(c2ccc(Cl)cc2)C(CCCC)=N1)c1ccccc1. The molecule has 1 aliphatic heterocycles. The molecule has 0 aromatic heterocycles. The lowest BCUT2D eigenvalue weighted by atomic mass is 9.92. The second-order valence-electron chi connectivity index (χ2n) is 6.66. The molecule has 27 heavy (non-hydrogen) atoms. The number of nitrogens with one attached hydrogen (secondary N) is 1. The Kier molecular flexibility index (Phi) is 6.30. The third-order valence-corrected chi connectivity index (χ3v) is 4.93. The van der Waals surface area contributed by atoms with Crippen LogP contribution in [0.3, 0.4) is 0 Å². The first-order chi connectivity index (χ1) is 13.1. The molecule has 0 saturated heterocycles. The number of hydrogen-bond donors (Lipinski definition) is 1. The summed E-state index contributed by atoms with van der Waals surface area (Å²) in [7, 11) is 0. The van der Waals surface area contributed by atoms with E-state index in [0.717, 1.165) is 36.1 Å². The summed E-state index contributed by atoms with van der Waals surface area (Å²) in [6.45, 7) is 6.65. The summed E-state index contributed by atoms with van der Waals surface area (Å²) in [6, 6.07) is 17.1. The Hall–Kier alpha value is -2.59. The Labute approximate surface area is 165 Å². The highest BCUT2D eigenvalue weighted by atomic mass is 35.5. The van der Waals surface area contributed by atoms with E-state index in [1.807, 2.05) is 54.6 Å². The Bertz CT molecular complexity index is 830. The van der Waals surface area contributed by atoms with E-state index >= 15 is 0 Å². The highest BCUT2D eigenvalue weighted by Crippen LogP contribution is 2.29. The molecule has 2 aromatic carbocycles. The molecule has 0 bridgehead atoms. The molecule has 0 saturated carbocycles. The van der Waals surface area contributed by atoms with Crippen molar-refractivity contribution in [3.05, 3.63) is 77.3 Å². The Balaban J connectivity index is 1.73. The van der Waals surface area contributed by atoms with E-state index in [0.29, 0.717) is 17.3 Å². The maximum absolute atomic E-state index is 12.7. The van der Waals surface area contributed by atoms with Crippen LogP contribution in [-0.4, -0.2) is 23.3 Å². The number of hydrogen-bond acceptors (Lipinski definition) is 2. The van der Waals surface area contributed by atoms with Crippen LogP contribution in [0.25, 0.3) is 5.70 Å². The van der Waals surface area contributed by atoms with Crippen molar-refractivity contribution < 1.29 is 4.79 Å². The predicted octanol–water partition coefficient (Wildman–Crippen LogP) is 5.67. The number of hydrazone groups is 1. The number of halogens is 1. The van der Waals surface area contributed by atoms with E-state index in [-0.39, 0.29) is 11.9 Å². The molecule has 1 unspecified atom stereocenters. The third-order valence-electron chi connectivity index (χ3n) is 4.68. The minimum atomic E-state index is -0.255. The molecule has 2 aromatic rings. The van der Waals surface area contributed by atoms with Crippen LogP contribution in [0.15, 0.2) is 66.3 Å². The zero-order valence-electron chi connectivity index (χ0n) is 15.5. The summed E-state index contributed by atoms with van der Waals surface area (Å²) in [5.41, 5.74) is 3.63. The molecule has 1 N–H and O–H groups in total. The van der Waals surface area contributed by atoms with E-state index in [4.69, 9.17) is 11.6 Å². The second-order valence-corrected chi connectivity index (χ2v) is 7.09. The van der Waals surface area contributed by atoms with Gasteiger partial charge in [0.1, 0.15) is 0 Å². The van der Waals surface area contributed by atoms with Crippen LogP contribution in [0, 0.1) is 0 Å². The van der Waals surface area contributed by atoms with E-state index in [1.54, 1.807) is 0 Å². The van der Waals surface area contributed by atoms with Gasteiger partial charge in [-0.05, 0) is 36.1 Å². The molecule has 1 heterocycles. The first-order valence-electron chi connectivity index (χ1n) is 9.24. The number of urea groups is 1. The van der Waals surface area contributed by atoms with E-state index in [2.05, 4.69) is 23.9 Å². The molecule has 1 aliphatic rings. The topological polar surface area (TPSA) is 44.7 Å². The van der Waals surface area contributed by atoms with E-state index in [1.165, 1.54) is 5.01 Å². The van der Waals surface area contributed by atoms with Gasteiger partial charge in [-0.1, -0.05) is 74.0 Å². The fraction of sp³-hybridized carbons (Fsp3) is 0.273. The second kappa shape index (κ2) is 8.87. The average Bonchev–Trinajstić information content (AvgIpc) is 3.12. The van der Waals surface area contributed by atoms with Gasteiger partial charge in [0.15, 0.2) is 0 Å². The van der Waals surface area contributed by atoms with Crippen molar-refractivity contribution in [3.8, 4) is 0 Å². The lowest BCUT2D eigenvalue weighted by Crippen LogP contribution is -2.35. The molecule has 0 aliphatic carbocycles. The number of amides is 2. The summed E-state index contributed by atoms with van der Waals surface area (Å²) in [4.78, 5) is 12.7. The van der Waals surface area contributed by atoms with Gasteiger partial charge in [-0.25, -0.2) is 9.80 Å². The quantitative estimate of drug-likeness (QED) is 0.688. The van der Waals surface area contributed by atoms with Crippen LogP contribution in [0.2, 0.25) is 5.02 Å². The monoisotopic (exact) mass is 381 g/mol. The van der Waals surface area contributed by atoms with Crippen molar-refractivity contribution in [2.75, 3.05) is 6.54 Å². The summed E-state index contributed by atoms with van der Waals surface area (Å²) >= 11 is 6.02. The summed E-state index contributed by atoms with van der Waals surface area (Å²) in [5.74, 6) is 0.101. The molecular formula is C22H24ClN3O. The van der Waals surface area contributed by atoms with Crippen LogP contribution in [-0.2, 0) is 0 Å². The van der Waals surface area contributed by atoms with Gasteiger partial charge in [-0.15, -0.1) is 0 Å². The molecule has 0 radical (unpaired) electrons. The normalized spacial score (nSPS) is 16.1. The minimum absolute atomic E-state index is 0.101. The highest BCUT2D eigenvalue weighted by Gasteiger charge is 2.31. The fourth-order valence-electron chi connectivity index (χ4n) is 3.15. The minimum Gasteiger partial charge on any atom is -0.306 e. The number of rotatable bonds is 6. The maximum Gasteiger partial charge on any atom is 0.342 e. The Morgan fingerprint density at radius 3 is 2.59 bits per heavy atom. The predicted molar refractivity (Wildman–Crippen MR) is 112 cm³/mol. The number of unbranched alkanes of at least 4 members (excludes halogenated alkanes) is 1. The largest absolute Gasteiger partial charge is 0.342 e. The van der Waals surface area contributed by atoms with Crippen molar-refractivity contribution >= 4 is 29.0 Å². The molecule has 1 atom stereocenters. The van der Waals surface area contributed by atoms with Crippen LogP contribution in [0.1, 0.15) is 43.2 Å². The Morgan fingerprint density at radius 2 is 1.93 bits per heavy atom. The molecule has 0 fully saturated rings. The lowest BCUT2D eigenvalue weighted by Gasteiger charge is -2.17. The van der Waals surface area contributed by atoms with Crippen LogP contribution < -0.4 is 5.32 Å². The summed E-state index contributed by atoms with van der Waals surface area (Å²) < 4.78 is 0. The summed E-state index contributed by atoms with van der Waals surface area (Å²) in [6.07, 6.45) is 3.02. The number of carbonyl (C=O) groups excluding carboxylic acids is 1. The molecule has 3 rings (SSSR count). The molecule has 2 amide bonds. The van der Waals surface area contributed by atoms with Gasteiger partial charge in [0, 0.05) is 22.3 Å². The van der Waals surface area contributed by atoms with Gasteiger partial charge in [0.05, 0.1) is 6.54 Å². The van der Waals surface area contributed by atoms with Gasteiger partial charge in [-0.3, -0.25) is 0 Å². The Morgan fingerprint density at radius 1 is 1.22 bits per heavy atom. The third kappa shape index (κ3) is 4.77. The van der Waals surface area contributed by atoms with E-state index in [9.17, 15) is 4.79 Å². The van der Waals surface area contributed by atoms with Gasteiger partial charge in [-0.2, -0.15) is 5.10 Å². The van der Waals surface area contributed by atoms with Gasteiger partial charge in [0.2, 0.25) is 0 Å². The number of benzene rings is 2.